The zero-order chi connectivity index (χ0) is 26.7. The highest BCUT2D eigenvalue weighted by atomic mass is 19.1. The lowest BCUT2D eigenvalue weighted by atomic mass is 10.0. The molecule has 0 fully saturated rings. The van der Waals surface area contributed by atoms with Gasteiger partial charge in [-0.2, -0.15) is 4.98 Å². The number of hydrogen-bond acceptors (Lipinski definition) is 9. The Kier molecular flexibility index (Phi) is 7.05. The lowest BCUT2D eigenvalue weighted by Crippen LogP contribution is -2.27. The van der Waals surface area contributed by atoms with Gasteiger partial charge in [-0.1, -0.05) is 12.1 Å². The number of carbonyl (C=O) groups excluding carboxylic acids is 1. The lowest BCUT2D eigenvalue weighted by Gasteiger charge is -2.27. The monoisotopic (exact) mass is 514 g/mol. The summed E-state index contributed by atoms with van der Waals surface area (Å²) in [6.45, 7) is 5.28. The van der Waals surface area contributed by atoms with E-state index in [0.717, 1.165) is 18.3 Å². The zero-order valence-corrected chi connectivity index (χ0v) is 20.2. The molecule has 194 valence electrons. The molecule has 1 amide bonds. The molecule has 3 aromatic rings. The smallest absolute Gasteiger partial charge is 0.412 e. The molecule has 2 heterocycles. The minimum atomic E-state index is -0.764. The molecule has 0 bridgehead atoms. The minimum Gasteiger partial charge on any atom is -0.490 e. The molecular formula is C24H24F2N6O5. The summed E-state index contributed by atoms with van der Waals surface area (Å²) in [6, 6.07) is 7.47. The second kappa shape index (κ2) is 10.2. The van der Waals surface area contributed by atoms with Crippen LogP contribution in [0.4, 0.5) is 42.4 Å². The first-order valence-corrected chi connectivity index (χ1v) is 11.3. The van der Waals surface area contributed by atoms with Crippen molar-refractivity contribution in [2.75, 3.05) is 22.6 Å². The molecule has 2 aromatic carbocycles. The minimum absolute atomic E-state index is 0.0685. The first-order chi connectivity index (χ1) is 17.5. The number of hydrogen-bond donors (Lipinski definition) is 3. The van der Waals surface area contributed by atoms with E-state index in [1.807, 2.05) is 0 Å². The topological polar surface area (TPSA) is 141 Å². The first kappa shape index (κ1) is 25.5. The Morgan fingerprint density at radius 3 is 2.73 bits per heavy atom. The Morgan fingerprint density at radius 1 is 1.22 bits per heavy atom. The van der Waals surface area contributed by atoms with Gasteiger partial charge in [0.2, 0.25) is 11.8 Å². The lowest BCUT2D eigenvalue weighted by molar-refractivity contribution is -0.384. The van der Waals surface area contributed by atoms with Gasteiger partial charge in [-0.3, -0.25) is 15.4 Å². The predicted molar refractivity (Wildman–Crippen MR) is 131 cm³/mol. The van der Waals surface area contributed by atoms with E-state index in [1.54, 1.807) is 26.8 Å². The van der Waals surface area contributed by atoms with Gasteiger partial charge in [0, 0.05) is 12.0 Å². The van der Waals surface area contributed by atoms with E-state index in [4.69, 9.17) is 9.47 Å². The maximum atomic E-state index is 14.2. The number of carbonyl (C=O) groups is 1. The quantitative estimate of drug-likeness (QED) is 0.279. The maximum absolute atomic E-state index is 14.2. The van der Waals surface area contributed by atoms with Crippen molar-refractivity contribution >= 4 is 34.9 Å². The van der Waals surface area contributed by atoms with Crippen LogP contribution >= 0.6 is 0 Å². The molecule has 11 nitrogen and oxygen atoms in total. The van der Waals surface area contributed by atoms with Crippen LogP contribution in [0.25, 0.3) is 0 Å². The van der Waals surface area contributed by atoms with Gasteiger partial charge in [0.05, 0.1) is 28.9 Å². The molecule has 4 rings (SSSR count). The van der Waals surface area contributed by atoms with Gasteiger partial charge in [0.15, 0.2) is 11.6 Å². The molecule has 0 spiro atoms. The van der Waals surface area contributed by atoms with Crippen molar-refractivity contribution in [1.29, 1.82) is 0 Å². The fourth-order valence-electron chi connectivity index (χ4n) is 3.64. The molecule has 1 atom stereocenters. The third-order valence-corrected chi connectivity index (χ3v) is 5.17. The molecule has 1 unspecified atom stereocenters. The van der Waals surface area contributed by atoms with Gasteiger partial charge >= 0.3 is 11.8 Å². The summed E-state index contributed by atoms with van der Waals surface area (Å²) in [5, 5.41) is 19.9. The van der Waals surface area contributed by atoms with Crippen molar-refractivity contribution in [1.82, 2.24) is 9.97 Å². The van der Waals surface area contributed by atoms with E-state index >= 15 is 0 Å². The number of benzene rings is 2. The highest BCUT2D eigenvalue weighted by Crippen LogP contribution is 2.37. The summed E-state index contributed by atoms with van der Waals surface area (Å²) < 4.78 is 38.9. The van der Waals surface area contributed by atoms with Gasteiger partial charge in [-0.25, -0.2) is 18.6 Å². The average molecular weight is 514 g/mol. The summed E-state index contributed by atoms with van der Waals surface area (Å²) in [5.74, 6) is -1.34. The second-order valence-electron chi connectivity index (χ2n) is 9.12. The third-order valence-electron chi connectivity index (χ3n) is 5.17. The molecule has 1 aromatic heterocycles. The number of nitrogens with one attached hydrogen (secondary N) is 3. The average Bonchev–Trinajstić information content (AvgIpc) is 2.80. The Bertz CT molecular complexity index is 1350. The Labute approximate surface area is 210 Å². The number of nitro groups is 1. The normalized spacial score (nSPS) is 14.7. The van der Waals surface area contributed by atoms with Crippen LogP contribution in [0.3, 0.4) is 0 Å². The standard InChI is InChI=1S/C24H24F2N6O5/c1-24(2,3)37-23(33)30-17-8-7-13(25)11-18(17)29-22-27-12-19(32(34)35)21(31-22)28-16-9-10-36-20-14(16)5-4-6-15(20)26/h4-8,11-12,16H,9-10H2,1-3H3,(H,30,33)(H2,27,28,29,31). The van der Waals surface area contributed by atoms with Crippen molar-refractivity contribution in [2.24, 2.45) is 0 Å². The Balaban J connectivity index is 1.63. The van der Waals surface area contributed by atoms with Crippen LogP contribution in [0.2, 0.25) is 0 Å². The number of anilines is 4. The summed E-state index contributed by atoms with van der Waals surface area (Å²) in [4.78, 5) is 31.4. The first-order valence-electron chi connectivity index (χ1n) is 11.3. The van der Waals surface area contributed by atoms with Crippen molar-refractivity contribution < 1.29 is 28.0 Å². The Hall–Kier alpha value is -4.55. The SMILES string of the molecule is CC(C)(C)OC(=O)Nc1ccc(F)cc1Nc1ncc([N+](=O)[O-])c(NC2CCOc3c(F)cccc32)n1. The van der Waals surface area contributed by atoms with Gasteiger partial charge in [0.25, 0.3) is 0 Å². The number of halogens is 2. The van der Waals surface area contributed by atoms with Crippen LogP contribution < -0.4 is 20.7 Å². The fraction of sp³-hybridized carbons (Fsp3) is 0.292. The van der Waals surface area contributed by atoms with Gasteiger partial charge in [0.1, 0.15) is 17.6 Å². The fourth-order valence-corrected chi connectivity index (χ4v) is 3.64. The van der Waals surface area contributed by atoms with Crippen molar-refractivity contribution in [3.05, 3.63) is 69.9 Å². The molecule has 0 radical (unpaired) electrons. The highest BCUT2D eigenvalue weighted by Gasteiger charge is 2.28. The molecule has 0 saturated carbocycles. The molecule has 1 aliphatic heterocycles. The molecule has 3 N–H and O–H groups in total. The summed E-state index contributed by atoms with van der Waals surface area (Å²) in [6.07, 6.45) is 0.623. The van der Waals surface area contributed by atoms with Crippen LogP contribution in [0, 0.1) is 21.7 Å². The van der Waals surface area contributed by atoms with Crippen LogP contribution in [0.5, 0.6) is 5.75 Å². The van der Waals surface area contributed by atoms with Crippen molar-refractivity contribution in [3.8, 4) is 5.75 Å². The maximum Gasteiger partial charge on any atom is 0.412 e. The number of para-hydroxylation sites is 1. The Morgan fingerprint density at radius 2 is 2.00 bits per heavy atom. The third kappa shape index (κ3) is 6.18. The summed E-state index contributed by atoms with van der Waals surface area (Å²) >= 11 is 0. The van der Waals surface area contributed by atoms with Gasteiger partial charge in [-0.05, 0) is 45.0 Å². The van der Waals surface area contributed by atoms with E-state index in [0.29, 0.717) is 12.0 Å². The van der Waals surface area contributed by atoms with Crippen molar-refractivity contribution in [3.63, 3.8) is 0 Å². The number of nitrogens with zero attached hydrogens (tertiary/aromatic N) is 3. The van der Waals surface area contributed by atoms with Crippen LogP contribution in [0.1, 0.15) is 38.8 Å². The molecule has 0 aliphatic carbocycles. The molecular weight excluding hydrogens is 490 g/mol. The van der Waals surface area contributed by atoms with E-state index in [2.05, 4.69) is 25.9 Å². The van der Waals surface area contributed by atoms with Crippen LogP contribution in [-0.4, -0.2) is 33.2 Å². The zero-order valence-electron chi connectivity index (χ0n) is 20.2. The van der Waals surface area contributed by atoms with Crippen LogP contribution in [-0.2, 0) is 4.74 Å². The van der Waals surface area contributed by atoms with Crippen LogP contribution in [0.15, 0.2) is 42.6 Å². The van der Waals surface area contributed by atoms with Gasteiger partial charge in [-0.15, -0.1) is 0 Å². The number of ether oxygens (including phenoxy) is 2. The highest BCUT2D eigenvalue weighted by molar-refractivity contribution is 5.90. The largest absolute Gasteiger partial charge is 0.490 e. The molecule has 37 heavy (non-hydrogen) atoms. The van der Waals surface area contributed by atoms with E-state index in [1.165, 1.54) is 18.2 Å². The number of rotatable bonds is 6. The number of fused-ring (bicyclic) bond motifs is 1. The summed E-state index contributed by atoms with van der Waals surface area (Å²) in [7, 11) is 0. The molecule has 1 aliphatic rings. The predicted octanol–water partition coefficient (Wildman–Crippen LogP) is 5.69. The van der Waals surface area contributed by atoms with E-state index in [-0.39, 0.29) is 35.5 Å². The van der Waals surface area contributed by atoms with E-state index < -0.39 is 40.0 Å². The summed E-state index contributed by atoms with van der Waals surface area (Å²) in [5.41, 5.74) is -0.431. The van der Waals surface area contributed by atoms with Crippen molar-refractivity contribution in [2.45, 2.75) is 38.8 Å². The number of amides is 1. The van der Waals surface area contributed by atoms with E-state index in [9.17, 15) is 23.7 Å². The second-order valence-corrected chi connectivity index (χ2v) is 9.12. The number of aromatic nitrogens is 2. The molecule has 0 saturated heterocycles. The molecule has 13 heteroatoms. The van der Waals surface area contributed by atoms with Gasteiger partial charge < -0.3 is 20.1 Å².